The SMILES string of the molecule is COc1cc(C#N)cc(OCOCc2ccccc2)c1. The molecule has 0 radical (unpaired) electrons. The van der Waals surface area contributed by atoms with Crippen molar-refractivity contribution in [3.63, 3.8) is 0 Å². The lowest BCUT2D eigenvalue weighted by molar-refractivity contribution is 0.00495. The van der Waals surface area contributed by atoms with Crippen LogP contribution in [0.1, 0.15) is 11.1 Å². The topological polar surface area (TPSA) is 51.5 Å². The monoisotopic (exact) mass is 269 g/mol. The van der Waals surface area contributed by atoms with Crippen LogP contribution in [-0.2, 0) is 11.3 Å². The molecule has 2 aromatic rings. The quantitative estimate of drug-likeness (QED) is 0.597. The van der Waals surface area contributed by atoms with E-state index in [1.807, 2.05) is 30.3 Å². The minimum Gasteiger partial charge on any atom is -0.497 e. The van der Waals surface area contributed by atoms with Gasteiger partial charge in [0.15, 0.2) is 6.79 Å². The molecule has 0 amide bonds. The van der Waals surface area contributed by atoms with E-state index in [0.717, 1.165) is 5.56 Å². The normalized spacial score (nSPS) is 9.80. The smallest absolute Gasteiger partial charge is 0.189 e. The van der Waals surface area contributed by atoms with Crippen molar-refractivity contribution in [2.75, 3.05) is 13.9 Å². The van der Waals surface area contributed by atoms with Gasteiger partial charge in [-0.15, -0.1) is 0 Å². The molecule has 0 heterocycles. The Morgan fingerprint density at radius 3 is 2.50 bits per heavy atom. The molecule has 0 bridgehead atoms. The maximum atomic E-state index is 8.91. The van der Waals surface area contributed by atoms with Gasteiger partial charge in [-0.25, -0.2) is 0 Å². The summed E-state index contributed by atoms with van der Waals surface area (Å²) in [6.07, 6.45) is 0. The third-order valence-corrected chi connectivity index (χ3v) is 2.67. The van der Waals surface area contributed by atoms with Crippen LogP contribution in [0.15, 0.2) is 48.5 Å². The number of nitrogens with zero attached hydrogens (tertiary/aromatic N) is 1. The van der Waals surface area contributed by atoms with Crippen molar-refractivity contribution >= 4 is 0 Å². The van der Waals surface area contributed by atoms with Crippen LogP contribution in [0.2, 0.25) is 0 Å². The highest BCUT2D eigenvalue weighted by Crippen LogP contribution is 2.22. The van der Waals surface area contributed by atoms with Gasteiger partial charge in [0.25, 0.3) is 0 Å². The van der Waals surface area contributed by atoms with E-state index >= 15 is 0 Å². The molecule has 0 saturated carbocycles. The lowest BCUT2D eigenvalue weighted by Crippen LogP contribution is -2.03. The van der Waals surface area contributed by atoms with Gasteiger partial charge in [0, 0.05) is 6.07 Å². The molecule has 0 aromatic heterocycles. The highest BCUT2D eigenvalue weighted by atomic mass is 16.7. The summed E-state index contributed by atoms with van der Waals surface area (Å²) in [5, 5.41) is 8.91. The number of methoxy groups -OCH3 is 1. The molecule has 4 nitrogen and oxygen atoms in total. The predicted molar refractivity (Wildman–Crippen MR) is 74.4 cm³/mol. The van der Waals surface area contributed by atoms with E-state index in [0.29, 0.717) is 23.7 Å². The minimum absolute atomic E-state index is 0.118. The van der Waals surface area contributed by atoms with E-state index < -0.39 is 0 Å². The first kappa shape index (κ1) is 13.9. The van der Waals surface area contributed by atoms with Crippen LogP contribution in [-0.4, -0.2) is 13.9 Å². The van der Waals surface area contributed by atoms with Crippen LogP contribution in [0.3, 0.4) is 0 Å². The van der Waals surface area contributed by atoms with Gasteiger partial charge in [0.1, 0.15) is 11.5 Å². The van der Waals surface area contributed by atoms with Gasteiger partial charge in [0.2, 0.25) is 0 Å². The highest BCUT2D eigenvalue weighted by Gasteiger charge is 2.02. The molecule has 0 aliphatic carbocycles. The van der Waals surface area contributed by atoms with E-state index in [-0.39, 0.29) is 6.79 Å². The van der Waals surface area contributed by atoms with E-state index in [1.165, 1.54) is 0 Å². The van der Waals surface area contributed by atoms with E-state index in [2.05, 4.69) is 6.07 Å². The van der Waals surface area contributed by atoms with E-state index in [4.69, 9.17) is 19.5 Å². The Bertz CT molecular complexity index is 590. The van der Waals surface area contributed by atoms with Gasteiger partial charge in [-0.3, -0.25) is 0 Å². The van der Waals surface area contributed by atoms with Gasteiger partial charge >= 0.3 is 0 Å². The molecule has 20 heavy (non-hydrogen) atoms. The molecule has 0 saturated heterocycles. The molecule has 0 atom stereocenters. The Morgan fingerprint density at radius 1 is 1.05 bits per heavy atom. The summed E-state index contributed by atoms with van der Waals surface area (Å²) in [6.45, 7) is 0.600. The van der Waals surface area contributed by atoms with Gasteiger partial charge < -0.3 is 14.2 Å². The molecule has 2 aromatic carbocycles. The maximum absolute atomic E-state index is 8.91. The van der Waals surface area contributed by atoms with Crippen molar-refractivity contribution in [3.8, 4) is 17.6 Å². The van der Waals surface area contributed by atoms with E-state index in [1.54, 1.807) is 25.3 Å². The fraction of sp³-hybridized carbons (Fsp3) is 0.188. The van der Waals surface area contributed by atoms with Crippen molar-refractivity contribution < 1.29 is 14.2 Å². The summed E-state index contributed by atoms with van der Waals surface area (Å²) in [7, 11) is 1.55. The molecule has 0 aliphatic rings. The molecule has 0 spiro atoms. The number of ether oxygens (including phenoxy) is 3. The van der Waals surface area contributed by atoms with Gasteiger partial charge in [-0.05, 0) is 17.7 Å². The number of nitriles is 1. The number of rotatable bonds is 6. The predicted octanol–water partition coefficient (Wildman–Crippen LogP) is 3.12. The second-order valence-electron chi connectivity index (χ2n) is 4.11. The van der Waals surface area contributed by atoms with Crippen molar-refractivity contribution in [1.82, 2.24) is 0 Å². The van der Waals surface area contributed by atoms with Crippen LogP contribution >= 0.6 is 0 Å². The summed E-state index contributed by atoms with van der Waals surface area (Å²) >= 11 is 0. The Hall–Kier alpha value is -2.51. The zero-order valence-electron chi connectivity index (χ0n) is 11.2. The highest BCUT2D eigenvalue weighted by molar-refractivity contribution is 5.43. The van der Waals surface area contributed by atoms with Crippen LogP contribution in [0.25, 0.3) is 0 Å². The van der Waals surface area contributed by atoms with Crippen LogP contribution in [0.5, 0.6) is 11.5 Å². The third kappa shape index (κ3) is 4.01. The minimum atomic E-state index is 0.118. The van der Waals surface area contributed by atoms with Crippen molar-refractivity contribution in [1.29, 1.82) is 5.26 Å². The third-order valence-electron chi connectivity index (χ3n) is 2.67. The number of benzene rings is 2. The van der Waals surface area contributed by atoms with Crippen molar-refractivity contribution in [3.05, 3.63) is 59.7 Å². The summed E-state index contributed by atoms with van der Waals surface area (Å²) in [6, 6.07) is 16.9. The lowest BCUT2D eigenvalue weighted by Gasteiger charge is -2.09. The molecule has 0 fully saturated rings. The van der Waals surface area contributed by atoms with E-state index in [9.17, 15) is 0 Å². The average molecular weight is 269 g/mol. The summed E-state index contributed by atoms with van der Waals surface area (Å²) in [5.41, 5.74) is 1.57. The second kappa shape index (κ2) is 7.17. The summed E-state index contributed by atoms with van der Waals surface area (Å²) in [4.78, 5) is 0. The van der Waals surface area contributed by atoms with Crippen LogP contribution in [0.4, 0.5) is 0 Å². The fourth-order valence-electron chi connectivity index (χ4n) is 1.68. The first-order chi connectivity index (χ1) is 9.81. The Kier molecular flexibility index (Phi) is 4.99. The maximum Gasteiger partial charge on any atom is 0.189 e. The Labute approximate surface area is 118 Å². The van der Waals surface area contributed by atoms with Crippen LogP contribution < -0.4 is 9.47 Å². The molecular weight excluding hydrogens is 254 g/mol. The molecule has 0 unspecified atom stereocenters. The largest absolute Gasteiger partial charge is 0.497 e. The van der Waals surface area contributed by atoms with Crippen molar-refractivity contribution in [2.45, 2.75) is 6.61 Å². The number of hydrogen-bond donors (Lipinski definition) is 0. The number of hydrogen-bond acceptors (Lipinski definition) is 4. The molecular formula is C16H15NO3. The van der Waals surface area contributed by atoms with Gasteiger partial charge in [0.05, 0.1) is 25.3 Å². The Morgan fingerprint density at radius 2 is 1.80 bits per heavy atom. The molecule has 2 rings (SSSR count). The second-order valence-corrected chi connectivity index (χ2v) is 4.11. The first-order valence-electron chi connectivity index (χ1n) is 6.15. The average Bonchev–Trinajstić information content (AvgIpc) is 2.52. The molecule has 0 aliphatic heterocycles. The van der Waals surface area contributed by atoms with Crippen molar-refractivity contribution in [2.24, 2.45) is 0 Å². The van der Waals surface area contributed by atoms with Crippen LogP contribution in [0, 0.1) is 11.3 Å². The zero-order valence-corrected chi connectivity index (χ0v) is 11.2. The zero-order chi connectivity index (χ0) is 14.2. The molecule has 102 valence electrons. The summed E-state index contributed by atoms with van der Waals surface area (Å²) in [5.74, 6) is 1.14. The Balaban J connectivity index is 1.86. The summed E-state index contributed by atoms with van der Waals surface area (Å²) < 4.78 is 16.0. The lowest BCUT2D eigenvalue weighted by atomic mass is 10.2. The molecule has 0 N–H and O–H groups in total. The van der Waals surface area contributed by atoms with Gasteiger partial charge in [-0.2, -0.15) is 5.26 Å². The molecule has 4 heteroatoms. The first-order valence-corrected chi connectivity index (χ1v) is 6.15. The van der Waals surface area contributed by atoms with Gasteiger partial charge in [-0.1, -0.05) is 30.3 Å². The standard InChI is InChI=1S/C16H15NO3/c1-18-15-7-14(10-17)8-16(9-15)20-12-19-11-13-5-3-2-4-6-13/h2-9H,11-12H2,1H3. The fourth-order valence-corrected chi connectivity index (χ4v) is 1.68.